The van der Waals surface area contributed by atoms with E-state index in [-0.39, 0.29) is 11.9 Å². The number of carbonyl (C=O) groups is 1. The summed E-state index contributed by atoms with van der Waals surface area (Å²) in [5.41, 5.74) is 1.05. The number of rotatable bonds is 7. The van der Waals surface area contributed by atoms with Crippen LogP contribution in [0.15, 0.2) is 5.38 Å². The van der Waals surface area contributed by atoms with E-state index in [4.69, 9.17) is 0 Å². The maximum absolute atomic E-state index is 12.0. The van der Waals surface area contributed by atoms with Crippen molar-refractivity contribution in [3.8, 4) is 0 Å². The fourth-order valence-electron chi connectivity index (χ4n) is 2.26. The first kappa shape index (κ1) is 13.1. The van der Waals surface area contributed by atoms with E-state index in [1.165, 1.54) is 25.7 Å². The second-order valence-electron chi connectivity index (χ2n) is 5.78. The Labute approximate surface area is 118 Å². The van der Waals surface area contributed by atoms with Gasteiger partial charge in [0, 0.05) is 11.1 Å². The third-order valence-corrected chi connectivity index (χ3v) is 4.77. The number of nitrogens with zero attached hydrogens (tertiary/aromatic N) is 1. The molecule has 2 aliphatic rings. The summed E-state index contributed by atoms with van der Waals surface area (Å²) in [7, 11) is 0. The smallest absolute Gasteiger partial charge is 0.234 e. The number of thiazole rings is 1. The van der Waals surface area contributed by atoms with Crippen LogP contribution in [0.25, 0.3) is 0 Å². The molecule has 2 N–H and O–H groups in total. The molecule has 19 heavy (non-hydrogen) atoms. The zero-order chi connectivity index (χ0) is 13.2. The zero-order valence-corrected chi connectivity index (χ0v) is 12.1. The predicted molar refractivity (Wildman–Crippen MR) is 76.1 cm³/mol. The van der Waals surface area contributed by atoms with Crippen LogP contribution >= 0.6 is 11.3 Å². The molecule has 2 saturated carbocycles. The molecule has 2 aliphatic carbocycles. The molecule has 5 heteroatoms. The van der Waals surface area contributed by atoms with E-state index in [0.29, 0.717) is 12.5 Å². The van der Waals surface area contributed by atoms with E-state index in [9.17, 15) is 4.79 Å². The monoisotopic (exact) mass is 279 g/mol. The van der Waals surface area contributed by atoms with Crippen LogP contribution in [0.2, 0.25) is 0 Å². The van der Waals surface area contributed by atoms with Gasteiger partial charge < -0.3 is 10.6 Å². The second-order valence-corrected chi connectivity index (χ2v) is 6.67. The second kappa shape index (κ2) is 5.59. The van der Waals surface area contributed by atoms with E-state index in [2.05, 4.69) is 21.0 Å². The lowest BCUT2D eigenvalue weighted by atomic mass is 10.2. The van der Waals surface area contributed by atoms with Gasteiger partial charge in [0.25, 0.3) is 0 Å². The zero-order valence-electron chi connectivity index (χ0n) is 11.3. The van der Waals surface area contributed by atoms with Crippen molar-refractivity contribution in [1.29, 1.82) is 0 Å². The third-order valence-electron chi connectivity index (χ3n) is 3.73. The van der Waals surface area contributed by atoms with Crippen LogP contribution in [0, 0.1) is 18.8 Å². The van der Waals surface area contributed by atoms with Gasteiger partial charge in [0.2, 0.25) is 5.91 Å². The maximum Gasteiger partial charge on any atom is 0.234 e. The molecule has 1 amide bonds. The van der Waals surface area contributed by atoms with Crippen molar-refractivity contribution < 1.29 is 4.79 Å². The lowest BCUT2D eigenvalue weighted by Crippen LogP contribution is -2.37. The fourth-order valence-corrected chi connectivity index (χ4v) is 3.20. The fraction of sp³-hybridized carbons (Fsp3) is 0.714. The van der Waals surface area contributed by atoms with Crippen molar-refractivity contribution in [1.82, 2.24) is 15.6 Å². The first-order chi connectivity index (χ1) is 9.22. The summed E-state index contributed by atoms with van der Waals surface area (Å²) in [5, 5.41) is 9.51. The van der Waals surface area contributed by atoms with Crippen molar-refractivity contribution in [2.75, 3.05) is 13.1 Å². The molecule has 1 atom stereocenters. The number of aryl methyl sites for hydroxylation is 1. The minimum atomic E-state index is 0.102. The maximum atomic E-state index is 12.0. The number of hydrogen-bond acceptors (Lipinski definition) is 4. The number of carbonyl (C=O) groups excluding carboxylic acids is 1. The van der Waals surface area contributed by atoms with Gasteiger partial charge in [-0.15, -0.1) is 11.3 Å². The highest BCUT2D eigenvalue weighted by Crippen LogP contribution is 2.41. The largest absolute Gasteiger partial charge is 0.345 e. The highest BCUT2D eigenvalue weighted by Gasteiger charge is 2.35. The van der Waals surface area contributed by atoms with Crippen molar-refractivity contribution in [2.45, 2.75) is 38.6 Å². The van der Waals surface area contributed by atoms with Crippen LogP contribution in [0.4, 0.5) is 0 Å². The Hall–Kier alpha value is -0.940. The van der Waals surface area contributed by atoms with Gasteiger partial charge in [-0.3, -0.25) is 4.79 Å². The minimum Gasteiger partial charge on any atom is -0.345 e. The van der Waals surface area contributed by atoms with E-state index < -0.39 is 0 Å². The summed E-state index contributed by atoms with van der Waals surface area (Å²) in [6.45, 7) is 3.42. The molecule has 3 rings (SSSR count). The SMILES string of the molecule is Cc1csc(C(NC(=O)CNCC2CC2)C2CC2)n1. The Morgan fingerprint density at radius 1 is 1.47 bits per heavy atom. The molecule has 2 fully saturated rings. The Morgan fingerprint density at radius 3 is 2.84 bits per heavy atom. The summed E-state index contributed by atoms with van der Waals surface area (Å²) in [4.78, 5) is 16.5. The van der Waals surface area contributed by atoms with Crippen molar-refractivity contribution >= 4 is 17.2 Å². The number of aromatic nitrogens is 1. The molecule has 1 unspecified atom stereocenters. The molecule has 0 bridgehead atoms. The molecule has 104 valence electrons. The standard InChI is InChI=1S/C14H21N3OS/c1-9-8-19-14(16-9)13(11-4-5-11)17-12(18)7-15-6-10-2-3-10/h8,10-11,13,15H,2-7H2,1H3,(H,17,18). The molecule has 0 spiro atoms. The average Bonchev–Trinajstić information content (AvgIpc) is 3.27. The highest BCUT2D eigenvalue weighted by atomic mass is 32.1. The van der Waals surface area contributed by atoms with Gasteiger partial charge >= 0.3 is 0 Å². The summed E-state index contributed by atoms with van der Waals surface area (Å²) in [6.07, 6.45) is 5.05. The molecule has 0 radical (unpaired) electrons. The topological polar surface area (TPSA) is 54.0 Å². The molecule has 0 aliphatic heterocycles. The molecule has 1 aromatic heterocycles. The molecule has 1 aromatic rings. The molecular formula is C14H21N3OS. The van der Waals surface area contributed by atoms with E-state index in [1.807, 2.05) is 6.92 Å². The van der Waals surface area contributed by atoms with E-state index >= 15 is 0 Å². The first-order valence-electron chi connectivity index (χ1n) is 7.14. The molecular weight excluding hydrogens is 258 g/mol. The molecule has 0 aromatic carbocycles. The number of hydrogen-bond donors (Lipinski definition) is 2. The lowest BCUT2D eigenvalue weighted by Gasteiger charge is -2.16. The molecule has 1 heterocycles. The number of amides is 1. The quantitative estimate of drug-likeness (QED) is 0.803. The summed E-state index contributed by atoms with van der Waals surface area (Å²) in [6, 6.07) is 0.133. The van der Waals surface area contributed by atoms with E-state index in [1.54, 1.807) is 11.3 Å². The van der Waals surface area contributed by atoms with Gasteiger partial charge in [0.15, 0.2) is 0 Å². The summed E-state index contributed by atoms with van der Waals surface area (Å²) in [5.74, 6) is 1.51. The van der Waals surface area contributed by atoms with Crippen LogP contribution in [-0.4, -0.2) is 24.0 Å². The van der Waals surface area contributed by atoms with Crippen LogP contribution in [0.5, 0.6) is 0 Å². The van der Waals surface area contributed by atoms with Crippen LogP contribution in [0.3, 0.4) is 0 Å². The van der Waals surface area contributed by atoms with Crippen molar-refractivity contribution in [3.63, 3.8) is 0 Å². The Bertz CT molecular complexity index is 451. The van der Waals surface area contributed by atoms with Crippen molar-refractivity contribution in [2.24, 2.45) is 11.8 Å². The van der Waals surface area contributed by atoms with Crippen LogP contribution < -0.4 is 10.6 Å². The van der Waals surface area contributed by atoms with Gasteiger partial charge in [0.05, 0.1) is 12.6 Å². The third kappa shape index (κ3) is 3.76. The van der Waals surface area contributed by atoms with Gasteiger partial charge in [-0.2, -0.15) is 0 Å². The van der Waals surface area contributed by atoms with E-state index in [0.717, 1.165) is 23.2 Å². The lowest BCUT2D eigenvalue weighted by molar-refractivity contribution is -0.121. The average molecular weight is 279 g/mol. The van der Waals surface area contributed by atoms with Gasteiger partial charge in [0.1, 0.15) is 5.01 Å². The van der Waals surface area contributed by atoms with Crippen LogP contribution in [-0.2, 0) is 4.79 Å². The first-order valence-corrected chi connectivity index (χ1v) is 8.02. The number of nitrogens with one attached hydrogen (secondary N) is 2. The Balaban J connectivity index is 1.50. The van der Waals surface area contributed by atoms with Gasteiger partial charge in [-0.1, -0.05) is 0 Å². The normalized spacial score (nSPS) is 20.3. The van der Waals surface area contributed by atoms with Gasteiger partial charge in [-0.05, 0) is 51.0 Å². The summed E-state index contributed by atoms with van der Waals surface area (Å²) < 4.78 is 0. The highest BCUT2D eigenvalue weighted by molar-refractivity contribution is 7.09. The van der Waals surface area contributed by atoms with Gasteiger partial charge in [-0.25, -0.2) is 4.98 Å². The van der Waals surface area contributed by atoms with Crippen LogP contribution in [0.1, 0.15) is 42.4 Å². The van der Waals surface area contributed by atoms with Crippen molar-refractivity contribution in [3.05, 3.63) is 16.1 Å². The Kier molecular flexibility index (Phi) is 3.84. The summed E-state index contributed by atoms with van der Waals surface area (Å²) >= 11 is 1.66. The predicted octanol–water partition coefficient (Wildman–Crippen LogP) is 2.02. The molecule has 4 nitrogen and oxygen atoms in total. The Morgan fingerprint density at radius 2 is 2.26 bits per heavy atom. The minimum absolute atomic E-state index is 0.102. The molecule has 0 saturated heterocycles.